The fourth-order valence-corrected chi connectivity index (χ4v) is 5.22. The van der Waals surface area contributed by atoms with Gasteiger partial charge in [0.05, 0.1) is 34.1 Å². The molecule has 38 heavy (non-hydrogen) atoms. The van der Waals surface area contributed by atoms with Crippen LogP contribution in [0, 0.1) is 5.41 Å². The van der Waals surface area contributed by atoms with Crippen molar-refractivity contribution >= 4 is 23.8 Å². The summed E-state index contributed by atoms with van der Waals surface area (Å²) in [5.41, 5.74) is 1.34. The van der Waals surface area contributed by atoms with Gasteiger partial charge in [0, 0.05) is 43.4 Å². The number of hydrogen-bond acceptors (Lipinski definition) is 7. The first-order chi connectivity index (χ1) is 18.3. The van der Waals surface area contributed by atoms with Crippen LogP contribution in [0.2, 0.25) is 0 Å². The molecule has 10 heteroatoms. The summed E-state index contributed by atoms with van der Waals surface area (Å²) in [6, 6.07) is 6.72. The summed E-state index contributed by atoms with van der Waals surface area (Å²) >= 11 is 0. The summed E-state index contributed by atoms with van der Waals surface area (Å²) < 4.78 is 21.3. The predicted octanol–water partition coefficient (Wildman–Crippen LogP) is 2.98. The Morgan fingerprint density at radius 3 is 2.21 bits per heavy atom. The molecule has 0 aliphatic carbocycles. The molecule has 0 saturated carbocycles. The zero-order chi connectivity index (χ0) is 27.3. The Morgan fingerprint density at radius 1 is 0.974 bits per heavy atom. The van der Waals surface area contributed by atoms with Crippen LogP contribution in [-0.2, 0) is 9.59 Å². The summed E-state index contributed by atoms with van der Waals surface area (Å²) in [7, 11) is 4.70. The van der Waals surface area contributed by atoms with Gasteiger partial charge in [0.1, 0.15) is 5.75 Å². The molecule has 1 spiro atoms. The standard InChI is InChI=1S/C28H35N3O7/c1-19(14-20-15-23(36-3)24(37-4)16-22(20)35-2)27(34)31-12-9-28(18-31)7-10-30(11-8-28)25(32)17-29-26(33)21-6-5-13-38-21/h5-6,13-16H,7-12,17-18H2,1-4H3,(H,29,33). The molecule has 4 rings (SSSR count). The molecule has 1 aromatic carbocycles. The summed E-state index contributed by atoms with van der Waals surface area (Å²) in [5.74, 6) is 1.34. The Hall–Kier alpha value is -3.95. The molecule has 10 nitrogen and oxygen atoms in total. The Labute approximate surface area is 222 Å². The van der Waals surface area contributed by atoms with E-state index in [0.29, 0.717) is 49.0 Å². The number of nitrogens with one attached hydrogen (secondary N) is 1. The number of methoxy groups -OCH3 is 3. The minimum atomic E-state index is -0.407. The van der Waals surface area contributed by atoms with Crippen LogP contribution in [0.1, 0.15) is 42.3 Å². The van der Waals surface area contributed by atoms with Gasteiger partial charge >= 0.3 is 0 Å². The molecule has 2 aliphatic rings. The fraction of sp³-hybridized carbons (Fsp3) is 0.464. The van der Waals surface area contributed by atoms with Crippen LogP contribution in [0.25, 0.3) is 6.08 Å². The fourth-order valence-electron chi connectivity index (χ4n) is 5.22. The molecular formula is C28H35N3O7. The number of likely N-dealkylation sites (tertiary alicyclic amines) is 2. The third kappa shape index (κ3) is 5.79. The second-order valence-corrected chi connectivity index (χ2v) is 9.79. The molecule has 1 aromatic heterocycles. The lowest BCUT2D eigenvalue weighted by molar-refractivity contribution is -0.133. The van der Waals surface area contributed by atoms with Gasteiger partial charge in [-0.15, -0.1) is 0 Å². The largest absolute Gasteiger partial charge is 0.496 e. The third-order valence-electron chi connectivity index (χ3n) is 7.49. The summed E-state index contributed by atoms with van der Waals surface area (Å²) in [4.78, 5) is 41.7. The number of rotatable bonds is 8. The van der Waals surface area contributed by atoms with E-state index in [1.807, 2.05) is 17.9 Å². The molecule has 0 atom stereocenters. The molecular weight excluding hydrogens is 490 g/mol. The number of furan rings is 1. The number of carbonyl (C=O) groups excluding carboxylic acids is 3. The second kappa shape index (κ2) is 11.6. The quantitative estimate of drug-likeness (QED) is 0.528. The van der Waals surface area contributed by atoms with Gasteiger partial charge in [-0.3, -0.25) is 14.4 Å². The highest BCUT2D eigenvalue weighted by Crippen LogP contribution is 2.41. The Morgan fingerprint density at radius 2 is 1.61 bits per heavy atom. The molecule has 1 N–H and O–H groups in total. The first-order valence-electron chi connectivity index (χ1n) is 12.7. The molecule has 2 saturated heterocycles. The van der Waals surface area contributed by atoms with Crippen molar-refractivity contribution in [2.24, 2.45) is 5.41 Å². The molecule has 0 unspecified atom stereocenters. The first kappa shape index (κ1) is 27.1. The van der Waals surface area contributed by atoms with Gasteiger partial charge in [-0.25, -0.2) is 0 Å². The lowest BCUT2D eigenvalue weighted by atomic mass is 9.78. The predicted molar refractivity (Wildman–Crippen MR) is 140 cm³/mol. The van der Waals surface area contributed by atoms with Crippen LogP contribution in [0.5, 0.6) is 17.2 Å². The van der Waals surface area contributed by atoms with Gasteiger partial charge in [-0.1, -0.05) is 0 Å². The zero-order valence-electron chi connectivity index (χ0n) is 22.4. The average Bonchev–Trinajstić information content (AvgIpc) is 3.62. The zero-order valence-corrected chi connectivity index (χ0v) is 22.4. The highest BCUT2D eigenvalue weighted by Gasteiger charge is 2.42. The van der Waals surface area contributed by atoms with Crippen molar-refractivity contribution in [3.05, 3.63) is 47.4 Å². The number of nitrogens with zero attached hydrogens (tertiary/aromatic N) is 2. The van der Waals surface area contributed by atoms with Crippen LogP contribution < -0.4 is 19.5 Å². The Balaban J connectivity index is 1.33. The molecule has 3 heterocycles. The maximum Gasteiger partial charge on any atom is 0.287 e. The first-order valence-corrected chi connectivity index (χ1v) is 12.7. The van der Waals surface area contributed by atoms with Crippen molar-refractivity contribution in [2.75, 3.05) is 54.1 Å². The number of amides is 3. The summed E-state index contributed by atoms with van der Waals surface area (Å²) in [6.07, 6.45) is 5.78. The number of hydrogen-bond donors (Lipinski definition) is 1. The topological polar surface area (TPSA) is 111 Å². The summed E-state index contributed by atoms with van der Waals surface area (Å²) in [5, 5.41) is 2.61. The van der Waals surface area contributed by atoms with Crippen molar-refractivity contribution in [3.63, 3.8) is 0 Å². The van der Waals surface area contributed by atoms with Crippen LogP contribution in [0.3, 0.4) is 0 Å². The molecule has 2 fully saturated rings. The van der Waals surface area contributed by atoms with Crippen molar-refractivity contribution in [2.45, 2.75) is 26.2 Å². The smallest absolute Gasteiger partial charge is 0.287 e. The van der Waals surface area contributed by atoms with E-state index in [4.69, 9.17) is 18.6 Å². The highest BCUT2D eigenvalue weighted by atomic mass is 16.5. The van der Waals surface area contributed by atoms with E-state index in [1.165, 1.54) is 6.26 Å². The lowest BCUT2D eigenvalue weighted by Gasteiger charge is -2.39. The van der Waals surface area contributed by atoms with Gasteiger partial charge in [0.15, 0.2) is 17.3 Å². The van der Waals surface area contributed by atoms with Crippen LogP contribution >= 0.6 is 0 Å². The van der Waals surface area contributed by atoms with E-state index in [0.717, 1.165) is 24.8 Å². The number of carbonyl (C=O) groups is 3. The van der Waals surface area contributed by atoms with Crippen molar-refractivity contribution < 1.29 is 33.0 Å². The van der Waals surface area contributed by atoms with Gasteiger partial charge in [0.25, 0.3) is 5.91 Å². The molecule has 2 aromatic rings. The maximum atomic E-state index is 13.3. The Kier molecular flexibility index (Phi) is 8.29. The second-order valence-electron chi connectivity index (χ2n) is 9.79. The SMILES string of the molecule is COc1cc(OC)c(OC)cc1C=C(C)C(=O)N1CCC2(CCN(C(=O)CNC(=O)c3ccco3)CC2)C1. The number of piperidine rings is 1. The highest BCUT2D eigenvalue weighted by molar-refractivity contribution is 5.98. The van der Waals surface area contributed by atoms with Gasteiger partial charge in [0.2, 0.25) is 11.8 Å². The van der Waals surface area contributed by atoms with E-state index < -0.39 is 5.91 Å². The van der Waals surface area contributed by atoms with Gasteiger partial charge in [-0.2, -0.15) is 0 Å². The average molecular weight is 526 g/mol. The van der Waals surface area contributed by atoms with E-state index in [-0.39, 0.29) is 29.5 Å². The lowest BCUT2D eigenvalue weighted by Crippen LogP contribution is -2.47. The van der Waals surface area contributed by atoms with E-state index in [9.17, 15) is 14.4 Å². The number of ether oxygens (including phenoxy) is 3. The summed E-state index contributed by atoms with van der Waals surface area (Å²) in [6.45, 7) is 4.30. The Bertz CT molecular complexity index is 1200. The van der Waals surface area contributed by atoms with Gasteiger partial charge in [-0.05, 0) is 55.9 Å². The normalized spacial score (nSPS) is 16.9. The molecule has 0 radical (unpaired) electrons. The molecule has 3 amide bonds. The maximum absolute atomic E-state index is 13.3. The van der Waals surface area contributed by atoms with Crippen LogP contribution in [-0.4, -0.2) is 81.6 Å². The van der Waals surface area contributed by atoms with Crippen molar-refractivity contribution in [1.29, 1.82) is 0 Å². The molecule has 0 bridgehead atoms. The van der Waals surface area contributed by atoms with Crippen LogP contribution in [0.15, 0.2) is 40.5 Å². The van der Waals surface area contributed by atoms with E-state index in [1.54, 1.807) is 50.5 Å². The third-order valence-corrected chi connectivity index (χ3v) is 7.49. The monoisotopic (exact) mass is 525 g/mol. The van der Waals surface area contributed by atoms with E-state index in [2.05, 4.69) is 5.32 Å². The molecule has 2 aliphatic heterocycles. The van der Waals surface area contributed by atoms with E-state index >= 15 is 0 Å². The van der Waals surface area contributed by atoms with Crippen molar-refractivity contribution in [1.82, 2.24) is 15.1 Å². The minimum Gasteiger partial charge on any atom is -0.496 e. The minimum absolute atomic E-state index is 0.00512. The van der Waals surface area contributed by atoms with Gasteiger partial charge < -0.3 is 33.7 Å². The number of benzene rings is 1. The van der Waals surface area contributed by atoms with Crippen LogP contribution in [0.4, 0.5) is 0 Å². The molecule has 204 valence electrons. The van der Waals surface area contributed by atoms with Crippen molar-refractivity contribution in [3.8, 4) is 17.2 Å².